The number of aryl methyl sites for hydroxylation is 1. The third kappa shape index (κ3) is 7.03. The molecule has 1 heterocycles. The molecule has 0 saturated carbocycles. The summed E-state index contributed by atoms with van der Waals surface area (Å²) >= 11 is 0. The van der Waals surface area contributed by atoms with Gasteiger partial charge >= 0.3 is 0 Å². The van der Waals surface area contributed by atoms with Gasteiger partial charge in [-0.1, -0.05) is 36.4 Å². The van der Waals surface area contributed by atoms with Gasteiger partial charge in [0.25, 0.3) is 0 Å². The van der Waals surface area contributed by atoms with Crippen molar-refractivity contribution in [1.82, 2.24) is 10.6 Å². The van der Waals surface area contributed by atoms with Crippen LogP contribution in [0.5, 0.6) is 5.75 Å². The topological polar surface area (TPSA) is 58.1 Å². The molecule has 0 amide bonds. The van der Waals surface area contributed by atoms with E-state index in [2.05, 4.69) is 82.1 Å². The number of rotatable bonds is 10. The number of ether oxygens (including phenoxy) is 2. The van der Waals surface area contributed by atoms with Crippen LogP contribution in [0, 0.1) is 6.92 Å². The van der Waals surface area contributed by atoms with Gasteiger partial charge in [0.05, 0.1) is 6.61 Å². The van der Waals surface area contributed by atoms with E-state index in [9.17, 15) is 0 Å². The van der Waals surface area contributed by atoms with Gasteiger partial charge in [-0.2, -0.15) is 0 Å². The Morgan fingerprint density at radius 1 is 1.03 bits per heavy atom. The molecule has 0 saturated heterocycles. The number of nitrogens with one attached hydrogen (secondary N) is 2. The van der Waals surface area contributed by atoms with Gasteiger partial charge in [-0.3, -0.25) is 4.99 Å². The summed E-state index contributed by atoms with van der Waals surface area (Å²) in [5, 5.41) is 6.81. The van der Waals surface area contributed by atoms with Gasteiger partial charge in [-0.25, -0.2) is 0 Å². The highest BCUT2D eigenvalue weighted by Gasteiger charge is 2.09. The monoisotopic (exact) mass is 422 g/mol. The molecule has 0 aliphatic carbocycles. The van der Waals surface area contributed by atoms with Crippen molar-refractivity contribution >= 4 is 11.6 Å². The number of aliphatic imine (C=N–C) groups is 1. The summed E-state index contributed by atoms with van der Waals surface area (Å²) in [6.07, 6.45) is 5.28. The number of methoxy groups -OCH3 is 1. The van der Waals surface area contributed by atoms with Crippen molar-refractivity contribution in [3.63, 3.8) is 0 Å². The van der Waals surface area contributed by atoms with Gasteiger partial charge in [0, 0.05) is 64.6 Å². The van der Waals surface area contributed by atoms with E-state index in [1.165, 1.54) is 16.8 Å². The molecule has 1 aliphatic heterocycles. The lowest BCUT2D eigenvalue weighted by Crippen LogP contribution is -2.36. The Hall–Kier alpha value is -2.99. The number of hydrogen-bond donors (Lipinski definition) is 2. The van der Waals surface area contributed by atoms with Crippen LogP contribution < -0.4 is 20.3 Å². The number of guanidine groups is 1. The fourth-order valence-electron chi connectivity index (χ4n) is 3.46. The predicted octanol–water partition coefficient (Wildman–Crippen LogP) is 3.65. The molecule has 0 atom stereocenters. The molecule has 1 aliphatic rings. The second-order valence-corrected chi connectivity index (χ2v) is 7.63. The minimum Gasteiger partial charge on any atom is -0.493 e. The maximum atomic E-state index is 5.99. The molecule has 0 unspecified atom stereocenters. The van der Waals surface area contributed by atoms with Gasteiger partial charge < -0.3 is 25.0 Å². The summed E-state index contributed by atoms with van der Waals surface area (Å²) in [5.74, 6) is 1.67. The number of anilines is 1. The molecule has 0 radical (unpaired) electrons. The molecule has 2 N–H and O–H groups in total. The lowest BCUT2D eigenvalue weighted by molar-refractivity contribution is 0.171. The van der Waals surface area contributed by atoms with Crippen LogP contribution in [0.25, 0.3) is 0 Å². The Bertz CT molecular complexity index is 887. The highest BCUT2D eigenvalue weighted by atomic mass is 16.5. The van der Waals surface area contributed by atoms with Crippen LogP contribution in [-0.4, -0.2) is 46.4 Å². The lowest BCUT2D eigenvalue weighted by atomic mass is 10.1. The summed E-state index contributed by atoms with van der Waals surface area (Å²) in [7, 11) is 3.50. The van der Waals surface area contributed by atoms with Crippen molar-refractivity contribution < 1.29 is 9.47 Å². The van der Waals surface area contributed by atoms with E-state index >= 15 is 0 Å². The normalized spacial score (nSPS) is 13.5. The molecular formula is C25H34N4O2. The van der Waals surface area contributed by atoms with Crippen molar-refractivity contribution in [3.8, 4) is 5.75 Å². The second kappa shape index (κ2) is 12.0. The average molecular weight is 423 g/mol. The summed E-state index contributed by atoms with van der Waals surface area (Å²) in [4.78, 5) is 6.72. The molecule has 6 heteroatoms. The molecule has 0 fully saturated rings. The Morgan fingerprint density at radius 2 is 1.84 bits per heavy atom. The zero-order valence-corrected chi connectivity index (χ0v) is 18.9. The maximum Gasteiger partial charge on any atom is 0.191 e. The van der Waals surface area contributed by atoms with Crippen LogP contribution in [0.1, 0.15) is 23.1 Å². The van der Waals surface area contributed by atoms with Gasteiger partial charge in [-0.15, -0.1) is 0 Å². The van der Waals surface area contributed by atoms with Gasteiger partial charge in [0.15, 0.2) is 5.96 Å². The van der Waals surface area contributed by atoms with Crippen LogP contribution in [0.4, 0.5) is 5.69 Å². The largest absolute Gasteiger partial charge is 0.493 e. The third-order valence-electron chi connectivity index (χ3n) is 5.20. The van der Waals surface area contributed by atoms with Gasteiger partial charge in [0.1, 0.15) is 5.75 Å². The van der Waals surface area contributed by atoms with Gasteiger partial charge in [-0.05, 0) is 36.2 Å². The first-order valence-corrected chi connectivity index (χ1v) is 10.8. The van der Waals surface area contributed by atoms with Crippen molar-refractivity contribution in [3.05, 3.63) is 71.3 Å². The second-order valence-electron chi connectivity index (χ2n) is 7.63. The minimum absolute atomic E-state index is 0.638. The van der Waals surface area contributed by atoms with E-state index in [0.29, 0.717) is 26.3 Å². The minimum atomic E-state index is 0.638. The highest BCUT2D eigenvalue weighted by Crippen LogP contribution is 2.21. The molecule has 2 aromatic carbocycles. The SMILES string of the molecule is CN=C(NCc1cccc(N2CC=CC2)c1)NCc1ccc(C)cc1OCCCOC. The average Bonchev–Trinajstić information content (AvgIpc) is 3.33. The van der Waals surface area contributed by atoms with E-state index in [0.717, 1.165) is 36.8 Å². The molecule has 3 rings (SSSR count). The third-order valence-corrected chi connectivity index (χ3v) is 5.20. The molecule has 166 valence electrons. The Labute approximate surface area is 186 Å². The Morgan fingerprint density at radius 3 is 2.61 bits per heavy atom. The lowest BCUT2D eigenvalue weighted by Gasteiger charge is -2.19. The van der Waals surface area contributed by atoms with Crippen molar-refractivity contribution in [2.75, 3.05) is 45.4 Å². The first kappa shape index (κ1) is 22.7. The number of hydrogen-bond acceptors (Lipinski definition) is 4. The molecule has 31 heavy (non-hydrogen) atoms. The highest BCUT2D eigenvalue weighted by molar-refractivity contribution is 5.79. The molecule has 0 aromatic heterocycles. The molecule has 0 bridgehead atoms. The van der Waals surface area contributed by atoms with E-state index in [-0.39, 0.29) is 0 Å². The van der Waals surface area contributed by atoms with E-state index in [4.69, 9.17) is 9.47 Å². The maximum absolute atomic E-state index is 5.99. The zero-order valence-electron chi connectivity index (χ0n) is 18.9. The van der Waals surface area contributed by atoms with Crippen molar-refractivity contribution in [2.45, 2.75) is 26.4 Å². The van der Waals surface area contributed by atoms with Crippen molar-refractivity contribution in [1.29, 1.82) is 0 Å². The summed E-state index contributed by atoms with van der Waals surface area (Å²) in [6, 6.07) is 14.9. The van der Waals surface area contributed by atoms with E-state index in [1.807, 2.05) is 0 Å². The number of benzene rings is 2. The first-order valence-electron chi connectivity index (χ1n) is 10.8. The predicted molar refractivity (Wildman–Crippen MR) is 128 cm³/mol. The Balaban J connectivity index is 1.53. The summed E-state index contributed by atoms with van der Waals surface area (Å²) in [5.41, 5.74) is 4.77. The van der Waals surface area contributed by atoms with Crippen LogP contribution >= 0.6 is 0 Å². The van der Waals surface area contributed by atoms with Crippen LogP contribution in [0.2, 0.25) is 0 Å². The number of nitrogens with zero attached hydrogens (tertiary/aromatic N) is 2. The fraction of sp³-hybridized carbons (Fsp3) is 0.400. The zero-order chi connectivity index (χ0) is 21.9. The summed E-state index contributed by atoms with van der Waals surface area (Å²) in [6.45, 7) is 6.72. The van der Waals surface area contributed by atoms with Gasteiger partial charge in [0.2, 0.25) is 0 Å². The quantitative estimate of drug-likeness (QED) is 0.265. The fourth-order valence-corrected chi connectivity index (χ4v) is 3.46. The van der Waals surface area contributed by atoms with Crippen LogP contribution in [0.15, 0.2) is 59.6 Å². The standard InChI is InChI=1S/C25H34N4O2/c1-20-10-11-22(24(16-20)31-15-7-14-30-3)19-28-25(26-2)27-18-21-8-6-9-23(17-21)29-12-4-5-13-29/h4-6,8-11,16-17H,7,12-15,18-19H2,1-3H3,(H2,26,27,28). The molecule has 6 nitrogen and oxygen atoms in total. The molecule has 2 aromatic rings. The molecular weight excluding hydrogens is 388 g/mol. The first-order chi connectivity index (χ1) is 15.2. The van der Waals surface area contributed by atoms with Crippen LogP contribution in [-0.2, 0) is 17.8 Å². The molecule has 0 spiro atoms. The van der Waals surface area contributed by atoms with E-state index in [1.54, 1.807) is 14.2 Å². The van der Waals surface area contributed by atoms with Crippen molar-refractivity contribution in [2.24, 2.45) is 4.99 Å². The summed E-state index contributed by atoms with van der Waals surface area (Å²) < 4.78 is 11.1. The van der Waals surface area contributed by atoms with Crippen LogP contribution in [0.3, 0.4) is 0 Å². The smallest absolute Gasteiger partial charge is 0.191 e. The van der Waals surface area contributed by atoms with E-state index < -0.39 is 0 Å². The Kier molecular flexibility index (Phi) is 8.79.